The number of nitrogens with one attached hydrogen (secondary N) is 1. The SMILES string of the molecule is CCC[C@@H](c1nnnn1C[C@H]1CCCO1)N(Cc1cc2cc(C)ccc2[nH]c1=O)C1CCCC1. The van der Waals surface area contributed by atoms with Crippen LogP contribution in [0.4, 0.5) is 0 Å². The van der Waals surface area contributed by atoms with E-state index in [-0.39, 0.29) is 17.7 Å². The Balaban J connectivity index is 1.49. The van der Waals surface area contributed by atoms with Gasteiger partial charge in [-0.25, -0.2) is 4.68 Å². The minimum Gasteiger partial charge on any atom is -0.376 e. The fourth-order valence-electron chi connectivity index (χ4n) is 5.69. The molecule has 5 rings (SSSR count). The summed E-state index contributed by atoms with van der Waals surface area (Å²) < 4.78 is 7.82. The Bertz CT molecular complexity index is 1160. The molecule has 2 aromatic heterocycles. The molecule has 0 spiro atoms. The monoisotopic (exact) mass is 464 g/mol. The first-order chi connectivity index (χ1) is 16.6. The molecule has 1 aromatic carbocycles. The second-order valence-electron chi connectivity index (χ2n) is 9.98. The maximum Gasteiger partial charge on any atom is 0.252 e. The summed E-state index contributed by atoms with van der Waals surface area (Å²) in [5.41, 5.74) is 2.88. The summed E-state index contributed by atoms with van der Waals surface area (Å²) in [4.78, 5) is 18.7. The van der Waals surface area contributed by atoms with E-state index in [2.05, 4.69) is 51.4 Å². The summed E-state index contributed by atoms with van der Waals surface area (Å²) in [7, 11) is 0. The lowest BCUT2D eigenvalue weighted by Gasteiger charge is -2.35. The number of ether oxygens (including phenoxy) is 1. The van der Waals surface area contributed by atoms with E-state index < -0.39 is 0 Å². The Kier molecular flexibility index (Phi) is 7.06. The molecule has 1 saturated heterocycles. The molecule has 3 aromatic rings. The van der Waals surface area contributed by atoms with Crippen LogP contribution in [-0.2, 0) is 17.8 Å². The van der Waals surface area contributed by atoms with Crippen molar-refractivity contribution in [3.63, 3.8) is 0 Å². The number of benzene rings is 1. The number of pyridine rings is 1. The molecule has 2 aliphatic rings. The number of tetrazole rings is 1. The van der Waals surface area contributed by atoms with Crippen LogP contribution in [0.1, 0.15) is 81.3 Å². The first-order valence-corrected chi connectivity index (χ1v) is 12.9. The zero-order valence-electron chi connectivity index (χ0n) is 20.4. The van der Waals surface area contributed by atoms with Crippen LogP contribution in [0.5, 0.6) is 0 Å². The Labute approximate surface area is 200 Å². The standard InChI is InChI=1S/C26H36N6O2/c1-3-7-24(25-28-29-30-32(25)17-22-10-6-13-34-22)31(21-8-4-5-9-21)16-20-15-19-14-18(2)11-12-23(19)27-26(20)33/h11-12,14-15,21-22,24H,3-10,13,16-17H2,1-2H3,(H,27,33)/t22-,24+/m1/s1. The highest BCUT2D eigenvalue weighted by Gasteiger charge is 2.33. The smallest absolute Gasteiger partial charge is 0.252 e. The van der Waals surface area contributed by atoms with Crippen LogP contribution in [0.25, 0.3) is 10.9 Å². The predicted molar refractivity (Wildman–Crippen MR) is 132 cm³/mol. The summed E-state index contributed by atoms with van der Waals surface area (Å²) >= 11 is 0. The second-order valence-corrected chi connectivity index (χ2v) is 9.98. The molecule has 0 radical (unpaired) electrons. The quantitative estimate of drug-likeness (QED) is 0.508. The molecule has 1 aliphatic carbocycles. The molecule has 8 nitrogen and oxygen atoms in total. The van der Waals surface area contributed by atoms with E-state index in [0.717, 1.165) is 67.4 Å². The molecule has 182 valence electrons. The van der Waals surface area contributed by atoms with Crippen LogP contribution in [0.15, 0.2) is 29.1 Å². The molecular formula is C26H36N6O2. The Morgan fingerprint density at radius 3 is 2.82 bits per heavy atom. The van der Waals surface area contributed by atoms with Gasteiger partial charge in [-0.15, -0.1) is 5.10 Å². The van der Waals surface area contributed by atoms with Crippen LogP contribution in [0.3, 0.4) is 0 Å². The molecular weight excluding hydrogens is 428 g/mol. The van der Waals surface area contributed by atoms with Gasteiger partial charge in [-0.3, -0.25) is 9.69 Å². The predicted octanol–water partition coefficient (Wildman–Crippen LogP) is 4.29. The summed E-state index contributed by atoms with van der Waals surface area (Å²) in [6.45, 7) is 6.40. The lowest BCUT2D eigenvalue weighted by Crippen LogP contribution is -2.39. The fraction of sp³-hybridized carbons (Fsp3) is 0.615. The highest BCUT2D eigenvalue weighted by molar-refractivity contribution is 5.79. The van der Waals surface area contributed by atoms with Crippen LogP contribution in [0.2, 0.25) is 0 Å². The molecule has 2 atom stereocenters. The average molecular weight is 465 g/mol. The molecule has 0 bridgehead atoms. The third-order valence-corrected chi connectivity index (χ3v) is 7.44. The summed E-state index contributed by atoms with van der Waals surface area (Å²) in [6, 6.07) is 8.73. The number of nitrogens with zero attached hydrogens (tertiary/aromatic N) is 5. The number of H-pyrrole nitrogens is 1. The van der Waals surface area contributed by atoms with Gasteiger partial charge in [-0.1, -0.05) is 37.8 Å². The summed E-state index contributed by atoms with van der Waals surface area (Å²) in [5, 5.41) is 14.0. The molecule has 0 amide bonds. The zero-order chi connectivity index (χ0) is 23.5. The van der Waals surface area contributed by atoms with Gasteiger partial charge in [0.2, 0.25) is 0 Å². The number of fused-ring (bicyclic) bond motifs is 1. The molecule has 1 aliphatic heterocycles. The normalized spacial score (nSPS) is 20.0. The molecule has 0 unspecified atom stereocenters. The van der Waals surface area contributed by atoms with Gasteiger partial charge >= 0.3 is 0 Å². The molecule has 3 heterocycles. The maximum atomic E-state index is 13.1. The highest BCUT2D eigenvalue weighted by Crippen LogP contribution is 2.34. The Morgan fingerprint density at radius 1 is 1.21 bits per heavy atom. The first kappa shape index (κ1) is 23.2. The van der Waals surface area contributed by atoms with E-state index in [4.69, 9.17) is 4.74 Å². The Morgan fingerprint density at radius 2 is 2.06 bits per heavy atom. The van der Waals surface area contributed by atoms with Crippen molar-refractivity contribution in [2.24, 2.45) is 0 Å². The Hall–Kier alpha value is -2.58. The number of rotatable bonds is 9. The van der Waals surface area contributed by atoms with E-state index in [1.165, 1.54) is 18.4 Å². The van der Waals surface area contributed by atoms with Gasteiger partial charge in [-0.05, 0) is 73.0 Å². The molecule has 1 saturated carbocycles. The van der Waals surface area contributed by atoms with Gasteiger partial charge in [0, 0.05) is 30.3 Å². The van der Waals surface area contributed by atoms with E-state index in [1.54, 1.807) is 0 Å². The van der Waals surface area contributed by atoms with Gasteiger partial charge in [0.05, 0.1) is 18.7 Å². The van der Waals surface area contributed by atoms with E-state index in [0.29, 0.717) is 19.1 Å². The van der Waals surface area contributed by atoms with Gasteiger partial charge in [0.15, 0.2) is 5.82 Å². The molecule has 8 heteroatoms. The van der Waals surface area contributed by atoms with Crippen molar-refractivity contribution in [3.8, 4) is 0 Å². The number of hydrogen-bond donors (Lipinski definition) is 1. The molecule has 34 heavy (non-hydrogen) atoms. The van der Waals surface area contributed by atoms with Crippen molar-refractivity contribution in [2.75, 3.05) is 6.61 Å². The van der Waals surface area contributed by atoms with E-state index in [1.807, 2.05) is 16.8 Å². The van der Waals surface area contributed by atoms with Crippen LogP contribution in [0, 0.1) is 6.92 Å². The van der Waals surface area contributed by atoms with Crippen molar-refractivity contribution in [1.82, 2.24) is 30.1 Å². The van der Waals surface area contributed by atoms with Gasteiger partial charge in [0.25, 0.3) is 5.56 Å². The average Bonchev–Trinajstić information content (AvgIpc) is 3.60. The van der Waals surface area contributed by atoms with Crippen LogP contribution >= 0.6 is 0 Å². The number of aromatic amines is 1. The van der Waals surface area contributed by atoms with Gasteiger partial charge in [0.1, 0.15) is 0 Å². The lowest BCUT2D eigenvalue weighted by atomic mass is 10.0. The van der Waals surface area contributed by atoms with Gasteiger partial charge in [-0.2, -0.15) is 0 Å². The van der Waals surface area contributed by atoms with Crippen molar-refractivity contribution in [1.29, 1.82) is 0 Å². The van der Waals surface area contributed by atoms with E-state index in [9.17, 15) is 4.79 Å². The topological polar surface area (TPSA) is 88.9 Å². The van der Waals surface area contributed by atoms with Crippen molar-refractivity contribution in [2.45, 2.75) is 96.5 Å². The number of hydrogen-bond acceptors (Lipinski definition) is 6. The van der Waals surface area contributed by atoms with Crippen molar-refractivity contribution < 1.29 is 4.74 Å². The minimum atomic E-state index is -0.00598. The minimum absolute atomic E-state index is 0.00598. The number of aryl methyl sites for hydroxylation is 1. The van der Waals surface area contributed by atoms with E-state index >= 15 is 0 Å². The molecule has 2 fully saturated rings. The third-order valence-electron chi connectivity index (χ3n) is 7.44. The fourth-order valence-corrected chi connectivity index (χ4v) is 5.69. The zero-order valence-corrected chi connectivity index (χ0v) is 20.4. The molecule has 1 N–H and O–H groups in total. The third kappa shape index (κ3) is 4.93. The largest absolute Gasteiger partial charge is 0.376 e. The van der Waals surface area contributed by atoms with Crippen molar-refractivity contribution >= 4 is 10.9 Å². The summed E-state index contributed by atoms with van der Waals surface area (Å²) in [5.74, 6) is 0.900. The first-order valence-electron chi connectivity index (χ1n) is 12.9. The van der Waals surface area contributed by atoms with Crippen molar-refractivity contribution in [3.05, 3.63) is 51.6 Å². The number of aromatic nitrogens is 5. The van der Waals surface area contributed by atoms with Crippen LogP contribution in [-0.4, -0.2) is 48.8 Å². The van der Waals surface area contributed by atoms with Crippen LogP contribution < -0.4 is 5.56 Å². The maximum absolute atomic E-state index is 13.1. The van der Waals surface area contributed by atoms with Gasteiger partial charge < -0.3 is 9.72 Å². The highest BCUT2D eigenvalue weighted by atomic mass is 16.5. The summed E-state index contributed by atoms with van der Waals surface area (Å²) in [6.07, 6.45) is 9.06. The second kappa shape index (κ2) is 10.4. The lowest BCUT2D eigenvalue weighted by molar-refractivity contribution is 0.0828.